The highest BCUT2D eigenvalue weighted by Crippen LogP contribution is 2.64. The van der Waals surface area contributed by atoms with Gasteiger partial charge in [0.15, 0.2) is 0 Å². The van der Waals surface area contributed by atoms with Gasteiger partial charge in [0.1, 0.15) is 11.2 Å². The first-order valence-electron chi connectivity index (χ1n) is 20.7. The molecule has 12 rings (SSSR count). The number of benzene rings is 9. The third-order valence-corrected chi connectivity index (χ3v) is 13.0. The maximum atomic E-state index is 6.84. The van der Waals surface area contributed by atoms with Gasteiger partial charge in [-0.15, -0.1) is 0 Å². The van der Waals surface area contributed by atoms with E-state index in [1.54, 1.807) is 0 Å². The molecule has 1 unspecified atom stereocenters. The van der Waals surface area contributed by atoms with Crippen LogP contribution in [0.4, 0.5) is 17.1 Å². The molecule has 0 N–H and O–H groups in total. The lowest BCUT2D eigenvalue weighted by Gasteiger charge is -2.33. The van der Waals surface area contributed by atoms with E-state index in [-0.39, 0.29) is 0 Å². The molecule has 0 bridgehead atoms. The second kappa shape index (κ2) is 13.2. The van der Waals surface area contributed by atoms with E-state index in [9.17, 15) is 0 Å². The molecule has 60 heavy (non-hydrogen) atoms. The molecule has 0 saturated carbocycles. The molecular formula is C58H39NO. The molecule has 0 amide bonds. The highest BCUT2D eigenvalue weighted by molar-refractivity contribution is 6.27. The number of hydrogen-bond donors (Lipinski definition) is 0. The van der Waals surface area contributed by atoms with Gasteiger partial charge in [0.2, 0.25) is 0 Å². The van der Waals surface area contributed by atoms with Gasteiger partial charge in [0.25, 0.3) is 0 Å². The predicted molar refractivity (Wildman–Crippen MR) is 253 cm³/mol. The molecule has 0 aliphatic heterocycles. The van der Waals surface area contributed by atoms with Crippen molar-refractivity contribution in [3.8, 4) is 22.3 Å². The summed E-state index contributed by atoms with van der Waals surface area (Å²) in [6, 6.07) is 68.8. The van der Waals surface area contributed by atoms with Crippen molar-refractivity contribution in [2.45, 2.75) is 12.3 Å². The molecule has 1 heterocycles. The number of anilines is 3. The molecule has 1 spiro atoms. The lowest BCUT2D eigenvalue weighted by atomic mass is 9.70. The average Bonchev–Trinajstić information content (AvgIpc) is 3.93. The molecule has 0 fully saturated rings. The number of furan rings is 1. The quantitative estimate of drug-likeness (QED) is 0.173. The van der Waals surface area contributed by atoms with Crippen LogP contribution in [0.15, 0.2) is 223 Å². The van der Waals surface area contributed by atoms with E-state index in [2.05, 4.69) is 219 Å². The number of rotatable bonds is 5. The minimum Gasteiger partial charge on any atom is -0.455 e. The van der Waals surface area contributed by atoms with Crippen molar-refractivity contribution in [3.05, 3.63) is 241 Å². The van der Waals surface area contributed by atoms with Crippen molar-refractivity contribution >= 4 is 66.1 Å². The normalized spacial score (nSPS) is 16.6. The van der Waals surface area contributed by atoms with Crippen LogP contribution in [0.3, 0.4) is 0 Å². The second-order valence-corrected chi connectivity index (χ2v) is 15.9. The summed E-state index contributed by atoms with van der Waals surface area (Å²) in [5.74, 6) is 0. The fourth-order valence-electron chi connectivity index (χ4n) is 10.7. The molecule has 10 aromatic rings. The Balaban J connectivity index is 1.25. The van der Waals surface area contributed by atoms with E-state index >= 15 is 0 Å². The van der Waals surface area contributed by atoms with Gasteiger partial charge in [-0.2, -0.15) is 0 Å². The van der Waals surface area contributed by atoms with Crippen molar-refractivity contribution in [1.82, 2.24) is 0 Å². The van der Waals surface area contributed by atoms with Gasteiger partial charge >= 0.3 is 0 Å². The minimum absolute atomic E-state index is 0.522. The third-order valence-electron chi connectivity index (χ3n) is 13.0. The van der Waals surface area contributed by atoms with E-state index in [4.69, 9.17) is 4.42 Å². The molecule has 2 nitrogen and oxygen atoms in total. The molecule has 2 heteroatoms. The first kappa shape index (κ1) is 34.4. The Labute approximate surface area is 349 Å². The minimum atomic E-state index is -0.522. The summed E-state index contributed by atoms with van der Waals surface area (Å²) in [6.07, 6.45) is 6.45. The van der Waals surface area contributed by atoms with Crippen LogP contribution in [0.5, 0.6) is 0 Å². The van der Waals surface area contributed by atoms with Crippen LogP contribution < -0.4 is 4.90 Å². The summed E-state index contributed by atoms with van der Waals surface area (Å²) in [4.78, 5) is 2.52. The maximum Gasteiger partial charge on any atom is 0.144 e. The molecular weight excluding hydrogens is 727 g/mol. The van der Waals surface area contributed by atoms with Crippen LogP contribution in [-0.2, 0) is 5.41 Å². The standard InChI is InChI=1S/C58H39NO/c1-3-18-42-43-23-12-15-28-50(43)58(49(42)4-2)51-29-16-13-24-44(51)45-34-33-41(36-52(45)58)59(40-32-31-37-19-8-9-22-39(37)35-40)56-46-25-10-11-26-47(46)57-55(48-27-14-17-30-53(48)60-57)54(56)38-20-6-5-7-21-38/h3-36H,1H2,2H3/b42-18?,49-4+. The molecule has 1 aromatic heterocycles. The first-order chi connectivity index (χ1) is 29.7. The molecule has 1 atom stereocenters. The van der Waals surface area contributed by atoms with Gasteiger partial charge in [-0.05, 0) is 98.1 Å². The summed E-state index contributed by atoms with van der Waals surface area (Å²) in [5, 5.41) is 6.80. The number of hydrogen-bond acceptors (Lipinski definition) is 2. The van der Waals surface area contributed by atoms with Crippen LogP contribution in [0.1, 0.15) is 29.2 Å². The van der Waals surface area contributed by atoms with E-state index in [1.165, 1.54) is 55.3 Å². The van der Waals surface area contributed by atoms with Crippen LogP contribution in [0.2, 0.25) is 0 Å². The summed E-state index contributed by atoms with van der Waals surface area (Å²) in [5.41, 5.74) is 17.0. The average molecular weight is 766 g/mol. The van der Waals surface area contributed by atoms with Gasteiger partial charge in [0.05, 0.1) is 11.1 Å². The van der Waals surface area contributed by atoms with Gasteiger partial charge in [-0.25, -0.2) is 0 Å². The van der Waals surface area contributed by atoms with Crippen LogP contribution in [0.25, 0.3) is 71.3 Å². The lowest BCUT2D eigenvalue weighted by Crippen LogP contribution is -2.26. The predicted octanol–water partition coefficient (Wildman–Crippen LogP) is 15.9. The lowest BCUT2D eigenvalue weighted by molar-refractivity contribution is 0.673. The van der Waals surface area contributed by atoms with Crippen molar-refractivity contribution in [3.63, 3.8) is 0 Å². The van der Waals surface area contributed by atoms with Crippen LogP contribution in [0, 0.1) is 0 Å². The van der Waals surface area contributed by atoms with E-state index < -0.39 is 5.41 Å². The summed E-state index contributed by atoms with van der Waals surface area (Å²) < 4.78 is 6.84. The van der Waals surface area contributed by atoms with E-state index in [1.807, 2.05) is 6.08 Å². The van der Waals surface area contributed by atoms with E-state index in [0.29, 0.717) is 0 Å². The molecule has 2 aliphatic rings. The topological polar surface area (TPSA) is 16.4 Å². The number of allylic oxidation sites excluding steroid dienone is 5. The van der Waals surface area contributed by atoms with Gasteiger partial charge < -0.3 is 9.32 Å². The van der Waals surface area contributed by atoms with Crippen molar-refractivity contribution in [2.24, 2.45) is 0 Å². The zero-order valence-corrected chi connectivity index (χ0v) is 33.2. The first-order valence-corrected chi connectivity index (χ1v) is 20.7. The van der Waals surface area contributed by atoms with Crippen molar-refractivity contribution < 1.29 is 4.42 Å². The smallest absolute Gasteiger partial charge is 0.144 e. The highest BCUT2D eigenvalue weighted by atomic mass is 16.3. The third kappa shape index (κ3) is 4.65. The Bertz CT molecular complexity index is 3470. The summed E-state index contributed by atoms with van der Waals surface area (Å²) >= 11 is 0. The largest absolute Gasteiger partial charge is 0.455 e. The van der Waals surface area contributed by atoms with Gasteiger partial charge in [-0.3, -0.25) is 0 Å². The summed E-state index contributed by atoms with van der Waals surface area (Å²) in [7, 11) is 0. The van der Waals surface area contributed by atoms with Crippen molar-refractivity contribution in [2.75, 3.05) is 4.90 Å². The maximum absolute atomic E-state index is 6.84. The van der Waals surface area contributed by atoms with E-state index in [0.717, 1.165) is 60.9 Å². The molecule has 2 aliphatic carbocycles. The van der Waals surface area contributed by atoms with Gasteiger partial charge in [0, 0.05) is 38.5 Å². The SMILES string of the molecule is C=CC=C1/C(=C\C)C2(c3ccccc31)c1ccccc1-c1ccc(N(c3ccc4ccccc4c3)c3c(-c4ccccc4)c4c5ccccc5oc4c4ccccc34)cc12. The molecule has 9 aromatic carbocycles. The summed E-state index contributed by atoms with van der Waals surface area (Å²) in [6.45, 7) is 6.36. The zero-order valence-electron chi connectivity index (χ0n) is 33.2. The fourth-order valence-corrected chi connectivity index (χ4v) is 10.7. The number of nitrogens with zero attached hydrogens (tertiary/aromatic N) is 1. The zero-order chi connectivity index (χ0) is 40.0. The number of para-hydroxylation sites is 1. The highest BCUT2D eigenvalue weighted by Gasteiger charge is 2.53. The Morgan fingerprint density at radius 3 is 1.95 bits per heavy atom. The monoisotopic (exact) mass is 765 g/mol. The fraction of sp³-hybridized carbons (Fsp3) is 0.0345. The Hall–Kier alpha value is -7.68. The molecule has 0 saturated heterocycles. The molecule has 0 radical (unpaired) electrons. The van der Waals surface area contributed by atoms with Crippen LogP contribution >= 0.6 is 0 Å². The number of fused-ring (bicyclic) bond motifs is 13. The second-order valence-electron chi connectivity index (χ2n) is 15.9. The molecule has 282 valence electrons. The van der Waals surface area contributed by atoms with Gasteiger partial charge in [-0.1, -0.05) is 183 Å². The Morgan fingerprint density at radius 1 is 0.533 bits per heavy atom. The van der Waals surface area contributed by atoms with Crippen molar-refractivity contribution in [1.29, 1.82) is 0 Å². The Kier molecular flexibility index (Phi) is 7.55. The van der Waals surface area contributed by atoms with Crippen LogP contribution in [-0.4, -0.2) is 0 Å². The Morgan fingerprint density at radius 2 is 1.15 bits per heavy atom.